The number of nitrogens with zero attached hydrogens (tertiary/aromatic N) is 2. The van der Waals surface area contributed by atoms with E-state index in [1.807, 2.05) is 12.3 Å². The maximum absolute atomic E-state index is 4.74. The summed E-state index contributed by atoms with van der Waals surface area (Å²) in [4.78, 5) is 4.74. The van der Waals surface area contributed by atoms with Crippen molar-refractivity contribution >= 4 is 64.4 Å². The fourth-order valence-corrected chi connectivity index (χ4v) is 4.10. The number of pyridine rings is 1. The normalized spacial score (nSPS) is 11.6. The van der Waals surface area contributed by atoms with E-state index >= 15 is 0 Å². The number of benzene rings is 3. The highest BCUT2D eigenvalue weighted by atomic mass is 79.9. The molecule has 0 aliphatic rings. The summed E-state index contributed by atoms with van der Waals surface area (Å²) >= 11 is 7.22. The summed E-state index contributed by atoms with van der Waals surface area (Å²) in [6.45, 7) is 0. The van der Waals surface area contributed by atoms with Crippen molar-refractivity contribution in [1.29, 1.82) is 0 Å². The molecule has 0 saturated carbocycles. The monoisotopic (exact) mass is 450 g/mol. The van der Waals surface area contributed by atoms with Gasteiger partial charge in [0.05, 0.1) is 11.0 Å². The Balaban J connectivity index is 1.94. The fraction of sp³-hybridized carbons (Fsp3) is 0. The number of halogens is 2. The molecule has 5 rings (SSSR count). The van der Waals surface area contributed by atoms with Crippen LogP contribution in [0, 0.1) is 0 Å². The first-order valence-corrected chi connectivity index (χ1v) is 9.54. The van der Waals surface area contributed by atoms with Gasteiger partial charge in [-0.15, -0.1) is 0 Å². The number of hydrogen-bond donors (Lipinski definition) is 0. The first-order valence-electron chi connectivity index (χ1n) is 7.95. The first-order chi connectivity index (χ1) is 12.2. The lowest BCUT2D eigenvalue weighted by Gasteiger charge is -2.08. The second kappa shape index (κ2) is 5.68. The van der Waals surface area contributed by atoms with Crippen LogP contribution in [-0.4, -0.2) is 9.55 Å². The van der Waals surface area contributed by atoms with Crippen LogP contribution in [0.3, 0.4) is 0 Å². The lowest BCUT2D eigenvalue weighted by Crippen LogP contribution is -1.97. The van der Waals surface area contributed by atoms with E-state index in [9.17, 15) is 0 Å². The minimum absolute atomic E-state index is 0.926. The Kier molecular flexibility index (Phi) is 3.43. The molecular formula is C21H12Br2N2. The summed E-state index contributed by atoms with van der Waals surface area (Å²) in [5.41, 5.74) is 2.29. The minimum atomic E-state index is 0.926. The van der Waals surface area contributed by atoms with Crippen LogP contribution in [0.4, 0.5) is 0 Å². The molecule has 120 valence electrons. The molecule has 0 amide bonds. The Morgan fingerprint density at radius 1 is 0.680 bits per heavy atom. The van der Waals surface area contributed by atoms with E-state index in [2.05, 4.69) is 97.1 Å². The predicted octanol–water partition coefficient (Wildman–Crippen LogP) is 6.86. The van der Waals surface area contributed by atoms with E-state index in [1.54, 1.807) is 0 Å². The summed E-state index contributed by atoms with van der Waals surface area (Å²) in [5, 5.41) is 4.78. The Bertz CT molecular complexity index is 1210. The maximum Gasteiger partial charge on any atom is 0.138 e. The SMILES string of the molecule is Brc1ccc2c3ccc(Br)cc3n(-c3cc4ccccc4cn3)c2c1. The van der Waals surface area contributed by atoms with Crippen LogP contribution in [-0.2, 0) is 0 Å². The zero-order chi connectivity index (χ0) is 17.0. The van der Waals surface area contributed by atoms with Crippen molar-refractivity contribution in [3.05, 3.63) is 81.9 Å². The van der Waals surface area contributed by atoms with Crippen molar-refractivity contribution in [2.45, 2.75) is 0 Å². The number of fused-ring (bicyclic) bond motifs is 4. The van der Waals surface area contributed by atoms with Crippen molar-refractivity contribution in [1.82, 2.24) is 9.55 Å². The third kappa shape index (κ3) is 2.40. The third-order valence-corrected chi connectivity index (χ3v) is 5.52. The molecule has 25 heavy (non-hydrogen) atoms. The van der Waals surface area contributed by atoms with Gasteiger partial charge in [-0.3, -0.25) is 4.57 Å². The molecule has 0 N–H and O–H groups in total. The summed E-state index contributed by atoms with van der Waals surface area (Å²) in [6, 6.07) is 23.3. The molecule has 2 aromatic heterocycles. The van der Waals surface area contributed by atoms with E-state index in [4.69, 9.17) is 4.98 Å². The summed E-state index contributed by atoms with van der Waals surface area (Å²) in [7, 11) is 0. The predicted molar refractivity (Wildman–Crippen MR) is 111 cm³/mol. The van der Waals surface area contributed by atoms with Crippen molar-refractivity contribution in [2.24, 2.45) is 0 Å². The van der Waals surface area contributed by atoms with E-state index in [1.165, 1.54) is 16.2 Å². The number of rotatable bonds is 1. The zero-order valence-corrected chi connectivity index (χ0v) is 16.3. The highest BCUT2D eigenvalue weighted by Gasteiger charge is 2.14. The van der Waals surface area contributed by atoms with Crippen molar-refractivity contribution in [3.8, 4) is 5.82 Å². The molecule has 0 saturated heterocycles. The molecule has 0 spiro atoms. The average Bonchev–Trinajstić information content (AvgIpc) is 2.93. The van der Waals surface area contributed by atoms with Gasteiger partial charge < -0.3 is 0 Å². The summed E-state index contributed by atoms with van der Waals surface area (Å²) in [6.07, 6.45) is 1.94. The average molecular weight is 452 g/mol. The molecule has 0 unspecified atom stereocenters. The van der Waals surface area contributed by atoms with Gasteiger partial charge in [0.15, 0.2) is 0 Å². The van der Waals surface area contributed by atoms with Crippen LogP contribution < -0.4 is 0 Å². The van der Waals surface area contributed by atoms with E-state index in [0.29, 0.717) is 0 Å². The van der Waals surface area contributed by atoms with Crippen LogP contribution in [0.2, 0.25) is 0 Å². The smallest absolute Gasteiger partial charge is 0.138 e. The molecule has 2 heterocycles. The number of aromatic nitrogens is 2. The van der Waals surface area contributed by atoms with Gasteiger partial charge in [0.2, 0.25) is 0 Å². The van der Waals surface area contributed by atoms with Crippen molar-refractivity contribution in [3.63, 3.8) is 0 Å². The van der Waals surface area contributed by atoms with Crippen molar-refractivity contribution in [2.75, 3.05) is 0 Å². The van der Waals surface area contributed by atoms with Gasteiger partial charge in [0.1, 0.15) is 5.82 Å². The Labute approximate surface area is 161 Å². The van der Waals surface area contributed by atoms with Gasteiger partial charge >= 0.3 is 0 Å². The Morgan fingerprint density at radius 3 is 1.92 bits per heavy atom. The zero-order valence-electron chi connectivity index (χ0n) is 13.1. The second-order valence-corrected chi connectivity index (χ2v) is 7.88. The minimum Gasteiger partial charge on any atom is -0.294 e. The molecule has 0 bridgehead atoms. The van der Waals surface area contributed by atoms with Crippen LogP contribution in [0.25, 0.3) is 38.4 Å². The van der Waals surface area contributed by atoms with Crippen LogP contribution in [0.15, 0.2) is 81.9 Å². The maximum atomic E-state index is 4.74. The highest BCUT2D eigenvalue weighted by molar-refractivity contribution is 9.10. The third-order valence-electron chi connectivity index (χ3n) is 4.54. The van der Waals surface area contributed by atoms with Gasteiger partial charge in [-0.1, -0.05) is 68.3 Å². The molecule has 0 radical (unpaired) electrons. The quantitative estimate of drug-likeness (QED) is 0.272. The molecule has 0 atom stereocenters. The molecule has 0 aliphatic carbocycles. The topological polar surface area (TPSA) is 17.8 Å². The lowest BCUT2D eigenvalue weighted by atomic mass is 10.2. The first kappa shape index (κ1) is 15.1. The molecule has 5 aromatic rings. The Morgan fingerprint density at radius 2 is 1.28 bits per heavy atom. The molecule has 3 aromatic carbocycles. The van der Waals surface area contributed by atoms with Crippen LogP contribution in [0.5, 0.6) is 0 Å². The molecule has 0 fully saturated rings. The largest absolute Gasteiger partial charge is 0.294 e. The summed E-state index contributed by atoms with van der Waals surface area (Å²) in [5.74, 6) is 0.926. The van der Waals surface area contributed by atoms with E-state index in [0.717, 1.165) is 31.2 Å². The molecule has 4 heteroatoms. The van der Waals surface area contributed by atoms with Gasteiger partial charge in [-0.25, -0.2) is 4.98 Å². The van der Waals surface area contributed by atoms with Crippen LogP contribution in [0.1, 0.15) is 0 Å². The van der Waals surface area contributed by atoms with E-state index in [-0.39, 0.29) is 0 Å². The molecule has 2 nitrogen and oxygen atoms in total. The van der Waals surface area contributed by atoms with Gasteiger partial charge in [0.25, 0.3) is 0 Å². The standard InChI is InChI=1S/C21H12Br2N2/c22-15-5-7-17-18-8-6-16(23)11-20(18)25(19(17)10-15)21-9-13-3-1-2-4-14(13)12-24-21/h1-12H. The van der Waals surface area contributed by atoms with E-state index < -0.39 is 0 Å². The molecule has 0 aliphatic heterocycles. The summed E-state index contributed by atoms with van der Waals surface area (Å²) < 4.78 is 4.35. The van der Waals surface area contributed by atoms with Gasteiger partial charge in [0, 0.05) is 31.3 Å². The van der Waals surface area contributed by atoms with Crippen molar-refractivity contribution < 1.29 is 0 Å². The fourth-order valence-electron chi connectivity index (χ4n) is 3.41. The lowest BCUT2D eigenvalue weighted by molar-refractivity contribution is 1.09. The highest BCUT2D eigenvalue weighted by Crippen LogP contribution is 2.35. The van der Waals surface area contributed by atoms with Gasteiger partial charge in [-0.05, 0) is 35.7 Å². The second-order valence-electron chi connectivity index (χ2n) is 6.05. The number of hydrogen-bond acceptors (Lipinski definition) is 1. The molecular weight excluding hydrogens is 440 g/mol. The Hall–Kier alpha value is -2.17. The van der Waals surface area contributed by atoms with Crippen LogP contribution >= 0.6 is 31.9 Å². The van der Waals surface area contributed by atoms with Gasteiger partial charge in [-0.2, -0.15) is 0 Å².